The lowest BCUT2D eigenvalue weighted by atomic mass is 9.87. The molecule has 114 valence electrons. The second-order valence-corrected chi connectivity index (χ2v) is 6.55. The third-order valence-corrected chi connectivity index (χ3v) is 4.87. The molecule has 1 saturated heterocycles. The zero-order valence-corrected chi connectivity index (χ0v) is 12.8. The first-order valence-corrected chi connectivity index (χ1v) is 8.36. The zero-order chi connectivity index (χ0) is 14.7. The van der Waals surface area contributed by atoms with E-state index in [9.17, 15) is 4.79 Å². The monoisotopic (exact) mass is 286 g/mol. The van der Waals surface area contributed by atoms with Crippen molar-refractivity contribution in [2.45, 2.75) is 57.4 Å². The summed E-state index contributed by atoms with van der Waals surface area (Å²) < 4.78 is 0. The van der Waals surface area contributed by atoms with E-state index < -0.39 is 0 Å². The number of likely N-dealkylation sites (tertiary alicyclic amines) is 1. The third kappa shape index (κ3) is 3.65. The van der Waals surface area contributed by atoms with Gasteiger partial charge in [0.1, 0.15) is 0 Å². The summed E-state index contributed by atoms with van der Waals surface area (Å²) in [5.41, 5.74) is 10.2. The highest BCUT2D eigenvalue weighted by Gasteiger charge is 2.18. The Morgan fingerprint density at radius 1 is 1.19 bits per heavy atom. The van der Waals surface area contributed by atoms with Crippen LogP contribution in [-0.4, -0.2) is 29.9 Å². The van der Waals surface area contributed by atoms with Gasteiger partial charge in [-0.3, -0.25) is 4.79 Å². The summed E-state index contributed by atoms with van der Waals surface area (Å²) in [5, 5.41) is 0. The molecule has 0 saturated carbocycles. The van der Waals surface area contributed by atoms with Crippen LogP contribution in [-0.2, 0) is 24.1 Å². The predicted octanol–water partition coefficient (Wildman–Crippen LogP) is 2.45. The number of rotatable bonds is 3. The number of fused-ring (bicyclic) bond motifs is 1. The Balaban J connectivity index is 1.58. The van der Waals surface area contributed by atoms with Crippen LogP contribution in [0.25, 0.3) is 0 Å². The van der Waals surface area contributed by atoms with Crippen molar-refractivity contribution in [1.82, 2.24) is 4.90 Å². The summed E-state index contributed by atoms with van der Waals surface area (Å²) in [6.07, 6.45) is 8.30. The van der Waals surface area contributed by atoms with Gasteiger partial charge in [0, 0.05) is 25.6 Å². The van der Waals surface area contributed by atoms with Gasteiger partial charge in [-0.2, -0.15) is 0 Å². The molecule has 3 rings (SSSR count). The lowest BCUT2D eigenvalue weighted by molar-refractivity contribution is -0.132. The van der Waals surface area contributed by atoms with Crippen LogP contribution in [0, 0.1) is 0 Å². The maximum Gasteiger partial charge on any atom is 0.222 e. The maximum absolute atomic E-state index is 12.2. The molecule has 1 atom stereocenters. The number of carbonyl (C=O) groups is 1. The number of nitrogens with two attached hydrogens (primary N) is 1. The molecule has 1 amide bonds. The highest BCUT2D eigenvalue weighted by atomic mass is 16.2. The second kappa shape index (κ2) is 6.61. The number of hydrogen-bond acceptors (Lipinski definition) is 2. The van der Waals surface area contributed by atoms with Crippen LogP contribution >= 0.6 is 0 Å². The van der Waals surface area contributed by atoms with Gasteiger partial charge in [-0.25, -0.2) is 0 Å². The number of benzene rings is 1. The largest absolute Gasteiger partial charge is 0.343 e. The van der Waals surface area contributed by atoms with Gasteiger partial charge in [-0.1, -0.05) is 18.2 Å². The van der Waals surface area contributed by atoms with Crippen molar-refractivity contribution in [3.8, 4) is 0 Å². The second-order valence-electron chi connectivity index (χ2n) is 6.55. The minimum atomic E-state index is 0.308. The molecule has 1 unspecified atom stereocenters. The minimum Gasteiger partial charge on any atom is -0.343 e. The maximum atomic E-state index is 12.2. The third-order valence-electron chi connectivity index (χ3n) is 4.87. The van der Waals surface area contributed by atoms with Gasteiger partial charge in [-0.05, 0) is 61.6 Å². The van der Waals surface area contributed by atoms with Crippen LogP contribution in [0.1, 0.15) is 48.8 Å². The van der Waals surface area contributed by atoms with Crippen LogP contribution in [0.2, 0.25) is 0 Å². The summed E-state index contributed by atoms with van der Waals surface area (Å²) in [7, 11) is 0. The molecule has 0 bridgehead atoms. The fourth-order valence-corrected chi connectivity index (χ4v) is 3.55. The fraction of sp³-hybridized carbons (Fsp3) is 0.611. The number of aryl methyl sites for hydroxylation is 2. The lowest BCUT2D eigenvalue weighted by Gasteiger charge is -2.27. The van der Waals surface area contributed by atoms with E-state index in [-0.39, 0.29) is 0 Å². The molecule has 2 N–H and O–H groups in total. The molecule has 0 spiro atoms. The molecule has 1 aliphatic heterocycles. The van der Waals surface area contributed by atoms with Gasteiger partial charge >= 0.3 is 0 Å². The first-order valence-electron chi connectivity index (χ1n) is 8.36. The van der Waals surface area contributed by atoms with Crippen LogP contribution in [0.3, 0.4) is 0 Å². The summed E-state index contributed by atoms with van der Waals surface area (Å²) in [6, 6.07) is 7.02. The summed E-state index contributed by atoms with van der Waals surface area (Å²) in [5.74, 6) is 0.323. The van der Waals surface area contributed by atoms with Gasteiger partial charge in [0.05, 0.1) is 0 Å². The van der Waals surface area contributed by atoms with Gasteiger partial charge in [0.15, 0.2) is 0 Å². The molecule has 21 heavy (non-hydrogen) atoms. The fourth-order valence-electron chi connectivity index (χ4n) is 3.55. The summed E-state index contributed by atoms with van der Waals surface area (Å²) >= 11 is 0. The van der Waals surface area contributed by atoms with Gasteiger partial charge < -0.3 is 10.6 Å². The highest BCUT2D eigenvalue weighted by Crippen LogP contribution is 2.22. The minimum absolute atomic E-state index is 0.308. The van der Waals surface area contributed by atoms with E-state index in [0.29, 0.717) is 18.4 Å². The molecular weight excluding hydrogens is 260 g/mol. The van der Waals surface area contributed by atoms with Crippen LogP contribution in [0.5, 0.6) is 0 Å². The highest BCUT2D eigenvalue weighted by molar-refractivity contribution is 5.76. The van der Waals surface area contributed by atoms with Crippen LogP contribution in [0.4, 0.5) is 0 Å². The Bertz CT molecular complexity index is 506. The molecule has 3 nitrogen and oxygen atoms in total. The normalized spacial score (nSPS) is 22.0. The molecule has 1 heterocycles. The zero-order valence-electron chi connectivity index (χ0n) is 12.8. The van der Waals surface area contributed by atoms with Gasteiger partial charge in [-0.15, -0.1) is 0 Å². The van der Waals surface area contributed by atoms with E-state index in [4.69, 9.17) is 5.73 Å². The Morgan fingerprint density at radius 2 is 2.00 bits per heavy atom. The van der Waals surface area contributed by atoms with E-state index in [2.05, 4.69) is 18.2 Å². The number of carbonyl (C=O) groups excluding carboxylic acids is 1. The van der Waals surface area contributed by atoms with Crippen LogP contribution < -0.4 is 5.73 Å². The van der Waals surface area contributed by atoms with E-state index >= 15 is 0 Å². The van der Waals surface area contributed by atoms with Crippen molar-refractivity contribution >= 4 is 5.91 Å². The predicted molar refractivity (Wildman–Crippen MR) is 85.2 cm³/mol. The van der Waals surface area contributed by atoms with Gasteiger partial charge in [0.2, 0.25) is 5.91 Å². The average Bonchev–Trinajstić information content (AvgIpc) is 2.53. The van der Waals surface area contributed by atoms with E-state index in [1.807, 2.05) is 4.90 Å². The molecule has 1 aliphatic carbocycles. The number of amides is 1. The number of nitrogens with zero attached hydrogens (tertiary/aromatic N) is 1. The SMILES string of the molecule is NC1CCc2ccc(CCC(=O)N3CCCCC3)cc2C1. The molecule has 0 radical (unpaired) electrons. The van der Waals surface area contributed by atoms with E-state index in [1.165, 1.54) is 36.0 Å². The Labute approximate surface area is 127 Å². The van der Waals surface area contributed by atoms with E-state index in [1.54, 1.807) is 0 Å². The van der Waals surface area contributed by atoms with Crippen molar-refractivity contribution in [1.29, 1.82) is 0 Å². The summed E-state index contributed by atoms with van der Waals surface area (Å²) in [4.78, 5) is 14.3. The van der Waals surface area contributed by atoms with Crippen molar-refractivity contribution in [3.05, 3.63) is 34.9 Å². The van der Waals surface area contributed by atoms with Crippen molar-refractivity contribution in [3.63, 3.8) is 0 Å². The first kappa shape index (κ1) is 14.6. The van der Waals surface area contributed by atoms with E-state index in [0.717, 1.165) is 38.8 Å². The smallest absolute Gasteiger partial charge is 0.222 e. The molecule has 1 fully saturated rings. The molecule has 3 heteroatoms. The van der Waals surface area contributed by atoms with Crippen molar-refractivity contribution in [2.24, 2.45) is 5.73 Å². The Hall–Kier alpha value is -1.35. The molecular formula is C18H26N2O. The lowest BCUT2D eigenvalue weighted by Crippen LogP contribution is -2.35. The first-order chi connectivity index (χ1) is 10.2. The Morgan fingerprint density at radius 3 is 2.81 bits per heavy atom. The number of piperidine rings is 1. The number of hydrogen-bond donors (Lipinski definition) is 1. The summed E-state index contributed by atoms with van der Waals surface area (Å²) in [6.45, 7) is 1.91. The molecule has 2 aliphatic rings. The molecule has 1 aromatic carbocycles. The molecule has 0 aromatic heterocycles. The average molecular weight is 286 g/mol. The van der Waals surface area contributed by atoms with Crippen molar-refractivity contribution < 1.29 is 4.79 Å². The quantitative estimate of drug-likeness (QED) is 0.927. The Kier molecular flexibility index (Phi) is 4.59. The van der Waals surface area contributed by atoms with Crippen molar-refractivity contribution in [2.75, 3.05) is 13.1 Å². The van der Waals surface area contributed by atoms with Crippen LogP contribution in [0.15, 0.2) is 18.2 Å². The molecule has 1 aromatic rings. The van der Waals surface area contributed by atoms with Gasteiger partial charge in [0.25, 0.3) is 0 Å². The standard InChI is InChI=1S/C18H26N2O/c19-17-8-7-15-6-4-14(12-16(15)13-17)5-9-18(21)20-10-2-1-3-11-20/h4,6,12,17H,1-3,5,7-11,13,19H2. The topological polar surface area (TPSA) is 46.3 Å².